The smallest absolute Gasteiger partial charge is 0.248 e. The molecule has 3 aliphatic rings. The molecule has 3 N–H and O–H groups in total. The molecular weight excluding hydrogens is 462 g/mol. The maximum Gasteiger partial charge on any atom is 0.248 e. The summed E-state index contributed by atoms with van der Waals surface area (Å²) in [6, 6.07) is 11.4. The number of rotatable bonds is 5. The summed E-state index contributed by atoms with van der Waals surface area (Å²) in [5.41, 5.74) is 10.8. The molecule has 2 fully saturated rings. The number of aromatic nitrogens is 5. The van der Waals surface area contributed by atoms with Crippen LogP contribution in [0.25, 0.3) is 5.82 Å². The van der Waals surface area contributed by atoms with Gasteiger partial charge in [0.1, 0.15) is 0 Å². The number of hydrogen-bond acceptors (Lipinski definition) is 8. The molecule has 196 valence electrons. The molecule has 1 saturated carbocycles. The molecule has 2 aliphatic carbocycles. The average Bonchev–Trinajstić information content (AvgIpc) is 3.29. The molecule has 3 aromatic rings. The van der Waals surface area contributed by atoms with Crippen molar-refractivity contribution in [3.05, 3.63) is 41.6 Å². The van der Waals surface area contributed by atoms with Crippen molar-refractivity contribution in [3.8, 4) is 5.82 Å². The molecule has 0 unspecified atom stereocenters. The van der Waals surface area contributed by atoms with Gasteiger partial charge in [-0.05, 0) is 74.4 Å². The molecule has 6 rings (SSSR count). The fourth-order valence-corrected chi connectivity index (χ4v) is 6.16. The Morgan fingerprint density at radius 2 is 1.54 bits per heavy atom. The summed E-state index contributed by atoms with van der Waals surface area (Å²) in [7, 11) is 0. The maximum absolute atomic E-state index is 6.22. The van der Waals surface area contributed by atoms with Gasteiger partial charge in [-0.25, -0.2) is 0 Å². The first-order valence-electron chi connectivity index (χ1n) is 14.2. The van der Waals surface area contributed by atoms with Crippen molar-refractivity contribution in [2.24, 2.45) is 0 Å². The monoisotopic (exact) mass is 501 g/mol. The Labute approximate surface area is 219 Å². The second-order valence-corrected chi connectivity index (χ2v) is 10.8. The molecule has 0 spiro atoms. The Hall–Kier alpha value is -3.20. The van der Waals surface area contributed by atoms with Crippen molar-refractivity contribution in [2.75, 3.05) is 42.1 Å². The highest BCUT2D eigenvalue weighted by Crippen LogP contribution is 2.26. The van der Waals surface area contributed by atoms with Crippen LogP contribution in [-0.2, 0) is 12.8 Å². The van der Waals surface area contributed by atoms with Crippen molar-refractivity contribution in [1.29, 1.82) is 0 Å². The van der Waals surface area contributed by atoms with Crippen LogP contribution in [0.4, 0.5) is 23.3 Å². The largest absolute Gasteiger partial charge is 0.369 e. The lowest BCUT2D eigenvalue weighted by Crippen LogP contribution is -2.50. The third kappa shape index (κ3) is 5.56. The summed E-state index contributed by atoms with van der Waals surface area (Å²) < 4.78 is 1.58. The van der Waals surface area contributed by atoms with Gasteiger partial charge in [-0.3, -0.25) is 4.90 Å². The highest BCUT2D eigenvalue weighted by Gasteiger charge is 2.25. The van der Waals surface area contributed by atoms with Crippen LogP contribution in [0.2, 0.25) is 0 Å². The topological polar surface area (TPSA) is 101 Å². The molecular formula is C28H39N9. The number of fused-ring (bicyclic) bond motifs is 1. The van der Waals surface area contributed by atoms with E-state index in [1.54, 1.807) is 4.68 Å². The van der Waals surface area contributed by atoms with E-state index in [1.165, 1.54) is 69.0 Å². The van der Waals surface area contributed by atoms with Crippen LogP contribution in [0.1, 0.15) is 69.0 Å². The molecule has 9 heteroatoms. The molecule has 2 aromatic heterocycles. The third-order valence-electron chi connectivity index (χ3n) is 8.30. The number of nitrogens with two attached hydrogens (primary N) is 1. The Balaban J connectivity index is 1.09. The van der Waals surface area contributed by atoms with Gasteiger partial charge >= 0.3 is 0 Å². The van der Waals surface area contributed by atoms with Gasteiger partial charge in [0.15, 0.2) is 5.82 Å². The highest BCUT2D eigenvalue weighted by atomic mass is 15.4. The Kier molecular flexibility index (Phi) is 7.21. The van der Waals surface area contributed by atoms with E-state index in [1.807, 2.05) is 0 Å². The van der Waals surface area contributed by atoms with Crippen LogP contribution in [0, 0.1) is 0 Å². The van der Waals surface area contributed by atoms with E-state index in [-0.39, 0.29) is 0 Å². The zero-order valence-corrected chi connectivity index (χ0v) is 21.8. The lowest BCUT2D eigenvalue weighted by atomic mass is 9.94. The van der Waals surface area contributed by atoms with Crippen LogP contribution < -0.4 is 16.0 Å². The molecule has 0 bridgehead atoms. The number of piperazine rings is 1. The molecule has 1 aromatic carbocycles. The van der Waals surface area contributed by atoms with E-state index in [0.29, 0.717) is 17.7 Å². The van der Waals surface area contributed by atoms with E-state index in [4.69, 9.17) is 5.73 Å². The highest BCUT2D eigenvalue weighted by molar-refractivity contribution is 5.60. The van der Waals surface area contributed by atoms with E-state index >= 15 is 0 Å². The number of benzene rings is 1. The molecule has 37 heavy (non-hydrogen) atoms. The number of nitrogen functional groups attached to an aromatic ring is 1. The van der Waals surface area contributed by atoms with Crippen LogP contribution in [0.3, 0.4) is 0 Å². The van der Waals surface area contributed by atoms with Gasteiger partial charge < -0.3 is 16.0 Å². The second kappa shape index (κ2) is 11.0. The number of anilines is 4. The van der Waals surface area contributed by atoms with Gasteiger partial charge in [0.2, 0.25) is 11.9 Å². The molecule has 3 heterocycles. The molecule has 0 amide bonds. The quantitative estimate of drug-likeness (QED) is 0.527. The van der Waals surface area contributed by atoms with Gasteiger partial charge in [-0.2, -0.15) is 14.8 Å². The number of hydrogen-bond donors (Lipinski definition) is 2. The lowest BCUT2D eigenvalue weighted by Gasteiger charge is -2.41. The van der Waals surface area contributed by atoms with Gasteiger partial charge in [0.25, 0.3) is 0 Å². The van der Waals surface area contributed by atoms with Crippen LogP contribution in [-0.4, -0.2) is 62.1 Å². The first kappa shape index (κ1) is 24.2. The first-order valence-corrected chi connectivity index (χ1v) is 14.2. The lowest BCUT2D eigenvalue weighted by molar-refractivity contribution is 0.148. The van der Waals surface area contributed by atoms with E-state index in [0.717, 1.165) is 56.4 Å². The predicted molar refractivity (Wildman–Crippen MR) is 148 cm³/mol. The van der Waals surface area contributed by atoms with Crippen LogP contribution in [0.15, 0.2) is 30.3 Å². The molecule has 9 nitrogen and oxygen atoms in total. The summed E-state index contributed by atoms with van der Waals surface area (Å²) in [5, 5.41) is 16.8. The zero-order valence-electron chi connectivity index (χ0n) is 21.8. The Morgan fingerprint density at radius 1 is 0.811 bits per heavy atom. The molecule has 0 atom stereocenters. The Morgan fingerprint density at radius 3 is 2.32 bits per heavy atom. The van der Waals surface area contributed by atoms with Crippen LogP contribution in [0.5, 0.6) is 0 Å². The van der Waals surface area contributed by atoms with Crippen molar-refractivity contribution in [1.82, 2.24) is 29.9 Å². The molecule has 0 radical (unpaired) electrons. The van der Waals surface area contributed by atoms with Gasteiger partial charge in [-0.15, -0.1) is 10.2 Å². The fraction of sp³-hybridized carbons (Fsp3) is 0.571. The normalized spacial score (nSPS) is 19.7. The number of nitrogens with zero attached hydrogens (tertiary/aromatic N) is 7. The predicted octanol–water partition coefficient (Wildman–Crippen LogP) is 4.50. The SMILES string of the molecule is Nc1nc(Nc2ccc(N3CCN(C4CCCCC4)CC3)cc2)nn1-c1cc2c(nn1)CCCCCC2. The number of nitrogens with one attached hydrogen (secondary N) is 1. The summed E-state index contributed by atoms with van der Waals surface area (Å²) >= 11 is 0. The minimum absolute atomic E-state index is 0.301. The second-order valence-electron chi connectivity index (χ2n) is 10.8. The summed E-state index contributed by atoms with van der Waals surface area (Å²) in [5.74, 6) is 1.38. The van der Waals surface area contributed by atoms with Crippen LogP contribution >= 0.6 is 0 Å². The average molecular weight is 502 g/mol. The first-order chi connectivity index (χ1) is 18.2. The van der Waals surface area contributed by atoms with E-state index < -0.39 is 0 Å². The van der Waals surface area contributed by atoms with Gasteiger partial charge in [0, 0.05) is 43.6 Å². The minimum atomic E-state index is 0.301. The summed E-state index contributed by atoms with van der Waals surface area (Å²) in [6.07, 6.45) is 13.9. The number of aryl methyl sites for hydroxylation is 2. The standard InChI is InChI=1S/C28H39N9/c29-27-31-28(34-37(27)26-20-21-8-4-1-2-7-11-25(21)32-33-26)30-22-12-14-24(15-13-22)36-18-16-35(17-19-36)23-9-5-3-6-10-23/h12-15,20,23H,1-11,16-19H2,(H3,29,30,31,34). The van der Waals surface area contributed by atoms with Crippen molar-refractivity contribution in [3.63, 3.8) is 0 Å². The van der Waals surface area contributed by atoms with E-state index in [9.17, 15) is 0 Å². The van der Waals surface area contributed by atoms with Crippen molar-refractivity contribution >= 4 is 23.3 Å². The van der Waals surface area contributed by atoms with Gasteiger partial charge in [0.05, 0.1) is 5.69 Å². The van der Waals surface area contributed by atoms with E-state index in [2.05, 4.69) is 65.7 Å². The fourth-order valence-electron chi connectivity index (χ4n) is 6.16. The van der Waals surface area contributed by atoms with Gasteiger partial charge in [-0.1, -0.05) is 32.1 Å². The minimum Gasteiger partial charge on any atom is -0.369 e. The Bertz CT molecular complexity index is 1170. The zero-order chi connectivity index (χ0) is 25.0. The maximum atomic E-state index is 6.22. The molecule has 1 saturated heterocycles. The summed E-state index contributed by atoms with van der Waals surface area (Å²) in [4.78, 5) is 9.64. The van der Waals surface area contributed by atoms with Crippen molar-refractivity contribution < 1.29 is 0 Å². The molecule has 1 aliphatic heterocycles. The summed E-state index contributed by atoms with van der Waals surface area (Å²) in [6.45, 7) is 4.51. The van der Waals surface area contributed by atoms with Crippen molar-refractivity contribution in [2.45, 2.75) is 76.7 Å². The third-order valence-corrected chi connectivity index (χ3v) is 8.30.